The molecule has 4 rings (SSSR count). The Morgan fingerprint density at radius 1 is 1.23 bits per heavy atom. The number of carbonyl (C=O) groups excluding carboxylic acids is 2. The molecule has 0 radical (unpaired) electrons. The molecular weight excluding hydrogens is 390 g/mol. The molecule has 2 bridgehead atoms. The molecule has 0 aliphatic carbocycles. The molecule has 3 amide bonds. The van der Waals surface area contributed by atoms with Gasteiger partial charge in [-0.2, -0.15) is 5.06 Å². The SMILES string of the molecule is CC(C)(C)OC(=O)Nc1nnc(C2CCC3CN2C(=O)N3OCc2ccccc2)o1. The van der Waals surface area contributed by atoms with Crippen molar-refractivity contribution in [3.05, 3.63) is 41.8 Å². The van der Waals surface area contributed by atoms with Crippen LogP contribution in [0.5, 0.6) is 0 Å². The number of ether oxygens (including phenoxy) is 1. The number of piperidine rings is 1. The van der Waals surface area contributed by atoms with Crippen LogP contribution < -0.4 is 5.32 Å². The van der Waals surface area contributed by atoms with Gasteiger partial charge >= 0.3 is 18.1 Å². The third-order valence-corrected chi connectivity index (χ3v) is 4.87. The van der Waals surface area contributed by atoms with Gasteiger partial charge in [0.25, 0.3) is 0 Å². The van der Waals surface area contributed by atoms with Gasteiger partial charge in [-0.05, 0) is 39.2 Å². The van der Waals surface area contributed by atoms with E-state index in [0.717, 1.165) is 12.0 Å². The number of carbonyl (C=O) groups is 2. The lowest BCUT2D eigenvalue weighted by atomic mass is 10.0. The average Bonchev–Trinajstić information content (AvgIpc) is 3.23. The molecule has 2 atom stereocenters. The van der Waals surface area contributed by atoms with Crippen LogP contribution in [-0.4, -0.2) is 50.5 Å². The zero-order valence-corrected chi connectivity index (χ0v) is 17.2. The lowest BCUT2D eigenvalue weighted by Gasteiger charge is -2.27. The van der Waals surface area contributed by atoms with Gasteiger partial charge in [-0.15, -0.1) is 5.10 Å². The van der Waals surface area contributed by atoms with Crippen molar-refractivity contribution >= 4 is 18.1 Å². The normalized spacial score (nSPS) is 21.1. The van der Waals surface area contributed by atoms with Crippen LogP contribution in [0.25, 0.3) is 0 Å². The standard InChI is InChI=1S/C20H25N5O5/c1-20(2,3)30-18(26)21-17-23-22-16(29-17)15-10-9-14-11-24(15)19(27)25(14)28-12-13-7-5-4-6-8-13/h4-8,14-15H,9-12H2,1-3H3,(H,21,23,26). The Balaban J connectivity index is 1.38. The molecule has 2 aliphatic rings. The maximum Gasteiger partial charge on any atom is 0.415 e. The second kappa shape index (κ2) is 7.94. The van der Waals surface area contributed by atoms with Gasteiger partial charge in [0.15, 0.2) is 0 Å². The highest BCUT2D eigenvalue weighted by Crippen LogP contribution is 2.38. The molecule has 0 saturated carbocycles. The van der Waals surface area contributed by atoms with E-state index < -0.39 is 11.7 Å². The highest BCUT2D eigenvalue weighted by Gasteiger charge is 2.47. The number of nitrogens with zero attached hydrogens (tertiary/aromatic N) is 4. The topological polar surface area (TPSA) is 110 Å². The van der Waals surface area contributed by atoms with E-state index in [2.05, 4.69) is 15.5 Å². The molecule has 3 heterocycles. The first kappa shape index (κ1) is 20.1. The number of fused-ring (bicyclic) bond motifs is 2. The summed E-state index contributed by atoms with van der Waals surface area (Å²) < 4.78 is 10.8. The third kappa shape index (κ3) is 4.38. The van der Waals surface area contributed by atoms with Gasteiger partial charge in [-0.25, -0.2) is 14.9 Å². The number of hydrogen-bond acceptors (Lipinski definition) is 7. The predicted octanol–water partition coefficient (Wildman–Crippen LogP) is 3.49. The zero-order valence-electron chi connectivity index (χ0n) is 17.2. The number of amides is 3. The molecule has 2 aromatic rings. The van der Waals surface area contributed by atoms with Gasteiger partial charge in [0.05, 0.1) is 6.04 Å². The van der Waals surface area contributed by atoms with E-state index in [1.54, 1.807) is 25.7 Å². The summed E-state index contributed by atoms with van der Waals surface area (Å²) in [7, 11) is 0. The Morgan fingerprint density at radius 3 is 2.73 bits per heavy atom. The predicted molar refractivity (Wildman–Crippen MR) is 105 cm³/mol. The largest absolute Gasteiger partial charge is 0.443 e. The maximum absolute atomic E-state index is 12.9. The van der Waals surface area contributed by atoms with Crippen molar-refractivity contribution in [2.24, 2.45) is 0 Å². The molecule has 0 spiro atoms. The van der Waals surface area contributed by atoms with Gasteiger partial charge in [0.2, 0.25) is 5.89 Å². The van der Waals surface area contributed by atoms with E-state index >= 15 is 0 Å². The number of urea groups is 1. The highest BCUT2D eigenvalue weighted by atomic mass is 16.7. The van der Waals surface area contributed by atoms with Crippen molar-refractivity contribution in [1.82, 2.24) is 20.2 Å². The van der Waals surface area contributed by atoms with Crippen molar-refractivity contribution < 1.29 is 23.6 Å². The number of hydrogen-bond donors (Lipinski definition) is 1. The molecule has 1 aromatic heterocycles. The second-order valence-electron chi connectivity index (χ2n) is 8.34. The van der Waals surface area contributed by atoms with Gasteiger partial charge in [0.1, 0.15) is 18.2 Å². The van der Waals surface area contributed by atoms with Gasteiger partial charge in [0, 0.05) is 6.54 Å². The van der Waals surface area contributed by atoms with Gasteiger partial charge < -0.3 is 14.1 Å². The molecule has 10 nitrogen and oxygen atoms in total. The highest BCUT2D eigenvalue weighted by molar-refractivity contribution is 5.82. The van der Waals surface area contributed by atoms with Crippen molar-refractivity contribution in [2.45, 2.75) is 57.9 Å². The fraction of sp³-hybridized carbons (Fsp3) is 0.500. The zero-order chi connectivity index (χ0) is 21.3. The molecule has 2 saturated heterocycles. The number of nitrogens with one attached hydrogen (secondary N) is 1. The summed E-state index contributed by atoms with van der Waals surface area (Å²) in [5.74, 6) is 0.276. The first-order valence-electron chi connectivity index (χ1n) is 9.90. The summed E-state index contributed by atoms with van der Waals surface area (Å²) >= 11 is 0. The van der Waals surface area contributed by atoms with Crippen LogP contribution in [-0.2, 0) is 16.2 Å². The number of hydroxylamine groups is 2. The van der Waals surface area contributed by atoms with Crippen molar-refractivity contribution in [1.29, 1.82) is 0 Å². The Kier molecular flexibility index (Phi) is 5.33. The van der Waals surface area contributed by atoms with Gasteiger partial charge in [-0.1, -0.05) is 35.4 Å². The van der Waals surface area contributed by atoms with Crippen LogP contribution in [0.1, 0.15) is 51.1 Å². The first-order chi connectivity index (χ1) is 14.3. The third-order valence-electron chi connectivity index (χ3n) is 4.87. The van der Waals surface area contributed by atoms with Crippen LogP contribution in [0.15, 0.2) is 34.7 Å². The smallest absolute Gasteiger partial charge is 0.415 e. The summed E-state index contributed by atoms with van der Waals surface area (Å²) in [4.78, 5) is 32.2. The second-order valence-corrected chi connectivity index (χ2v) is 8.34. The van der Waals surface area contributed by atoms with Crippen LogP contribution in [0.3, 0.4) is 0 Å². The minimum atomic E-state index is -0.681. The van der Waals surface area contributed by atoms with E-state index in [1.165, 1.54) is 5.06 Å². The number of rotatable bonds is 5. The van der Waals surface area contributed by atoms with E-state index in [0.29, 0.717) is 19.6 Å². The molecule has 2 fully saturated rings. The molecule has 2 aliphatic heterocycles. The minimum Gasteiger partial charge on any atom is -0.443 e. The Hall–Kier alpha value is -3.14. The lowest BCUT2D eigenvalue weighted by Crippen LogP contribution is -2.34. The molecule has 1 aromatic carbocycles. The maximum atomic E-state index is 12.9. The van der Waals surface area contributed by atoms with Crippen molar-refractivity contribution in [3.8, 4) is 0 Å². The molecule has 2 unspecified atom stereocenters. The molecule has 160 valence electrons. The summed E-state index contributed by atoms with van der Waals surface area (Å²) in [6, 6.07) is 9.04. The van der Waals surface area contributed by atoms with E-state index in [-0.39, 0.29) is 30.0 Å². The fourth-order valence-electron chi connectivity index (χ4n) is 3.58. The van der Waals surface area contributed by atoms with Gasteiger partial charge in [-0.3, -0.25) is 4.84 Å². The van der Waals surface area contributed by atoms with E-state index in [9.17, 15) is 9.59 Å². The Morgan fingerprint density at radius 2 is 2.00 bits per heavy atom. The molecule has 10 heteroatoms. The van der Waals surface area contributed by atoms with Crippen LogP contribution >= 0.6 is 0 Å². The summed E-state index contributed by atoms with van der Waals surface area (Å²) in [6.45, 7) is 6.13. The molecule has 1 N–H and O–H groups in total. The average molecular weight is 415 g/mol. The van der Waals surface area contributed by atoms with E-state index in [1.807, 2.05) is 30.3 Å². The lowest BCUT2D eigenvalue weighted by molar-refractivity contribution is -0.140. The minimum absolute atomic E-state index is 0.0141. The first-order valence-corrected chi connectivity index (χ1v) is 9.90. The number of aromatic nitrogens is 2. The summed E-state index contributed by atoms with van der Waals surface area (Å²) in [6.07, 6.45) is 0.730. The quantitative estimate of drug-likeness (QED) is 0.796. The van der Waals surface area contributed by atoms with Crippen molar-refractivity contribution in [2.75, 3.05) is 11.9 Å². The summed E-state index contributed by atoms with van der Waals surface area (Å²) in [5, 5.41) is 11.7. The van der Waals surface area contributed by atoms with Crippen molar-refractivity contribution in [3.63, 3.8) is 0 Å². The van der Waals surface area contributed by atoms with Crippen LogP contribution in [0.2, 0.25) is 0 Å². The van der Waals surface area contributed by atoms with E-state index in [4.69, 9.17) is 14.0 Å². The fourth-order valence-corrected chi connectivity index (χ4v) is 3.58. The Labute approximate surface area is 174 Å². The monoisotopic (exact) mass is 415 g/mol. The molecular formula is C20H25N5O5. The Bertz CT molecular complexity index is 910. The number of benzene rings is 1. The number of anilines is 1. The summed E-state index contributed by atoms with van der Waals surface area (Å²) in [5.41, 5.74) is 0.351. The van der Waals surface area contributed by atoms with Crippen LogP contribution in [0.4, 0.5) is 15.6 Å². The molecule has 30 heavy (non-hydrogen) atoms. The van der Waals surface area contributed by atoms with Crippen LogP contribution in [0, 0.1) is 0 Å².